The van der Waals surface area contributed by atoms with Crippen molar-refractivity contribution in [3.05, 3.63) is 57.2 Å². The monoisotopic (exact) mass is 291 g/mol. The van der Waals surface area contributed by atoms with Gasteiger partial charge in [-0.05, 0) is 54.8 Å². The van der Waals surface area contributed by atoms with E-state index in [1.807, 2.05) is 23.5 Å². The second-order valence-electron chi connectivity index (χ2n) is 5.27. The molecule has 0 radical (unpaired) electrons. The molecule has 3 heteroatoms. The van der Waals surface area contributed by atoms with Crippen molar-refractivity contribution in [1.82, 2.24) is 5.32 Å². The van der Waals surface area contributed by atoms with Gasteiger partial charge in [-0.3, -0.25) is 0 Å². The van der Waals surface area contributed by atoms with Crippen LogP contribution in [0.4, 0.5) is 0 Å². The number of halogens is 1. The molecule has 1 aliphatic carbocycles. The number of thiophene rings is 1. The highest BCUT2D eigenvalue weighted by Crippen LogP contribution is 2.43. The summed E-state index contributed by atoms with van der Waals surface area (Å²) < 4.78 is 0. The number of benzene rings is 1. The Balaban J connectivity index is 1.75. The largest absolute Gasteiger partial charge is 0.302 e. The van der Waals surface area contributed by atoms with Gasteiger partial charge in [0.1, 0.15) is 0 Å². The first kappa shape index (κ1) is 13.2. The van der Waals surface area contributed by atoms with Gasteiger partial charge >= 0.3 is 0 Å². The molecule has 0 saturated heterocycles. The summed E-state index contributed by atoms with van der Waals surface area (Å²) in [7, 11) is 0. The van der Waals surface area contributed by atoms with E-state index in [0.717, 1.165) is 10.9 Å². The molecule has 1 aromatic carbocycles. The fourth-order valence-electron chi connectivity index (χ4n) is 2.49. The molecule has 1 nitrogen and oxygen atoms in total. The molecule has 3 rings (SSSR count). The van der Waals surface area contributed by atoms with Crippen molar-refractivity contribution in [2.24, 2.45) is 5.92 Å². The van der Waals surface area contributed by atoms with Crippen LogP contribution >= 0.6 is 22.9 Å². The average Bonchev–Trinajstić information content (AvgIpc) is 3.10. The Morgan fingerprint density at radius 3 is 2.74 bits per heavy atom. The van der Waals surface area contributed by atoms with Crippen LogP contribution in [-0.2, 0) is 0 Å². The van der Waals surface area contributed by atoms with Crippen LogP contribution in [0, 0.1) is 5.92 Å². The van der Waals surface area contributed by atoms with Gasteiger partial charge in [-0.25, -0.2) is 0 Å². The lowest BCUT2D eigenvalue weighted by Gasteiger charge is -2.23. The SMILES string of the molecule is C[C@@H](NC(c1cccs1)C1CC1)c1cccc(Cl)c1. The van der Waals surface area contributed by atoms with Gasteiger partial charge in [0.05, 0.1) is 0 Å². The Labute approximate surface area is 123 Å². The van der Waals surface area contributed by atoms with Crippen LogP contribution < -0.4 is 5.32 Å². The van der Waals surface area contributed by atoms with Gasteiger partial charge < -0.3 is 5.32 Å². The van der Waals surface area contributed by atoms with Crippen molar-refractivity contribution < 1.29 is 0 Å². The van der Waals surface area contributed by atoms with Crippen LogP contribution in [0.5, 0.6) is 0 Å². The second-order valence-corrected chi connectivity index (χ2v) is 6.69. The van der Waals surface area contributed by atoms with E-state index in [2.05, 4.69) is 41.9 Å². The molecule has 2 atom stereocenters. The van der Waals surface area contributed by atoms with Crippen LogP contribution in [0.15, 0.2) is 41.8 Å². The second kappa shape index (κ2) is 5.66. The fraction of sp³-hybridized carbons (Fsp3) is 0.375. The standard InChI is InChI=1S/C16H18ClNS/c1-11(13-4-2-5-14(17)10-13)18-16(12-7-8-12)15-6-3-9-19-15/h2-6,9-12,16,18H,7-8H2,1H3/t11-,16?/m1/s1. The number of rotatable bonds is 5. The van der Waals surface area contributed by atoms with Crippen LogP contribution in [-0.4, -0.2) is 0 Å². The molecule has 1 N–H and O–H groups in total. The highest BCUT2D eigenvalue weighted by molar-refractivity contribution is 7.10. The van der Waals surface area contributed by atoms with E-state index in [-0.39, 0.29) is 0 Å². The molecule has 1 fully saturated rings. The zero-order valence-electron chi connectivity index (χ0n) is 11.0. The minimum atomic E-state index is 0.325. The van der Waals surface area contributed by atoms with Gasteiger partial charge in [-0.15, -0.1) is 11.3 Å². The van der Waals surface area contributed by atoms with Crippen LogP contribution in [0.3, 0.4) is 0 Å². The van der Waals surface area contributed by atoms with Crippen molar-refractivity contribution in [1.29, 1.82) is 0 Å². The van der Waals surface area contributed by atoms with E-state index < -0.39 is 0 Å². The number of hydrogen-bond donors (Lipinski definition) is 1. The van der Waals surface area contributed by atoms with Crippen molar-refractivity contribution in [2.75, 3.05) is 0 Å². The first-order valence-electron chi connectivity index (χ1n) is 6.79. The molecule has 19 heavy (non-hydrogen) atoms. The van der Waals surface area contributed by atoms with E-state index in [1.165, 1.54) is 23.3 Å². The van der Waals surface area contributed by atoms with Gasteiger partial charge in [0, 0.05) is 22.0 Å². The molecule has 1 aromatic heterocycles. The molecular weight excluding hydrogens is 274 g/mol. The maximum Gasteiger partial charge on any atom is 0.0448 e. The third-order valence-electron chi connectivity index (χ3n) is 3.72. The van der Waals surface area contributed by atoms with Crippen LogP contribution in [0.25, 0.3) is 0 Å². The van der Waals surface area contributed by atoms with E-state index in [1.54, 1.807) is 0 Å². The van der Waals surface area contributed by atoms with E-state index in [4.69, 9.17) is 11.6 Å². The lowest BCUT2D eigenvalue weighted by molar-refractivity contribution is 0.433. The van der Waals surface area contributed by atoms with Gasteiger partial charge in [0.25, 0.3) is 0 Å². The highest BCUT2D eigenvalue weighted by Gasteiger charge is 2.33. The van der Waals surface area contributed by atoms with Gasteiger partial charge in [-0.1, -0.05) is 29.8 Å². The van der Waals surface area contributed by atoms with Gasteiger partial charge in [-0.2, -0.15) is 0 Å². The first-order chi connectivity index (χ1) is 9.24. The lowest BCUT2D eigenvalue weighted by atomic mass is 10.0. The summed E-state index contributed by atoms with van der Waals surface area (Å²) in [5.41, 5.74) is 1.26. The summed E-state index contributed by atoms with van der Waals surface area (Å²) >= 11 is 7.93. The van der Waals surface area contributed by atoms with Crippen LogP contribution in [0.1, 0.15) is 42.3 Å². The molecule has 2 aromatic rings. The Morgan fingerprint density at radius 2 is 2.11 bits per heavy atom. The zero-order valence-corrected chi connectivity index (χ0v) is 12.5. The maximum atomic E-state index is 6.07. The summed E-state index contributed by atoms with van der Waals surface area (Å²) in [6.07, 6.45) is 2.69. The summed E-state index contributed by atoms with van der Waals surface area (Å²) in [6.45, 7) is 2.22. The Hall–Kier alpha value is -0.830. The molecular formula is C16H18ClNS. The molecule has 1 unspecified atom stereocenters. The molecule has 1 saturated carbocycles. The first-order valence-corrected chi connectivity index (χ1v) is 8.05. The van der Waals surface area contributed by atoms with E-state index in [0.29, 0.717) is 12.1 Å². The third-order valence-corrected chi connectivity index (χ3v) is 4.91. The molecule has 0 amide bonds. The average molecular weight is 292 g/mol. The summed E-state index contributed by atoms with van der Waals surface area (Å²) in [5.74, 6) is 0.806. The quantitative estimate of drug-likeness (QED) is 0.798. The van der Waals surface area contributed by atoms with Crippen molar-refractivity contribution in [2.45, 2.75) is 31.8 Å². The predicted molar refractivity (Wildman–Crippen MR) is 82.8 cm³/mol. The molecule has 0 bridgehead atoms. The Kier molecular flexibility index (Phi) is 3.92. The smallest absolute Gasteiger partial charge is 0.0448 e. The number of nitrogens with one attached hydrogen (secondary N) is 1. The predicted octanol–water partition coefficient (Wildman–Crippen LogP) is 5.20. The fourth-order valence-corrected chi connectivity index (χ4v) is 3.57. The Morgan fingerprint density at radius 1 is 1.26 bits per heavy atom. The molecule has 1 aliphatic rings. The Bertz CT molecular complexity index is 533. The highest BCUT2D eigenvalue weighted by atomic mass is 35.5. The molecule has 1 heterocycles. The zero-order chi connectivity index (χ0) is 13.2. The summed E-state index contributed by atoms with van der Waals surface area (Å²) in [4.78, 5) is 1.45. The minimum absolute atomic E-state index is 0.325. The van der Waals surface area contributed by atoms with E-state index in [9.17, 15) is 0 Å². The minimum Gasteiger partial charge on any atom is -0.302 e. The summed E-state index contributed by atoms with van der Waals surface area (Å²) in [6, 6.07) is 13.3. The molecule has 100 valence electrons. The van der Waals surface area contributed by atoms with Gasteiger partial charge in [0.2, 0.25) is 0 Å². The lowest BCUT2D eigenvalue weighted by Crippen LogP contribution is -2.25. The van der Waals surface area contributed by atoms with Crippen LogP contribution in [0.2, 0.25) is 5.02 Å². The van der Waals surface area contributed by atoms with Crippen molar-refractivity contribution in [3.8, 4) is 0 Å². The normalized spacial score (nSPS) is 18.2. The molecule has 0 aliphatic heterocycles. The topological polar surface area (TPSA) is 12.0 Å². The van der Waals surface area contributed by atoms with Crippen molar-refractivity contribution in [3.63, 3.8) is 0 Å². The molecule has 0 spiro atoms. The van der Waals surface area contributed by atoms with Crippen molar-refractivity contribution >= 4 is 22.9 Å². The maximum absolute atomic E-state index is 6.07. The van der Waals surface area contributed by atoms with E-state index >= 15 is 0 Å². The third kappa shape index (κ3) is 3.19. The summed E-state index contributed by atoms with van der Waals surface area (Å²) in [5, 5.41) is 6.75. The van der Waals surface area contributed by atoms with Gasteiger partial charge in [0.15, 0.2) is 0 Å². The number of hydrogen-bond acceptors (Lipinski definition) is 2.